The summed E-state index contributed by atoms with van der Waals surface area (Å²) in [7, 11) is 0. The molecule has 0 saturated carbocycles. The minimum atomic E-state index is -0.739. The van der Waals surface area contributed by atoms with Gasteiger partial charge in [-0.1, -0.05) is 42.0 Å². The zero-order valence-corrected chi connectivity index (χ0v) is 12.4. The second-order valence-electron chi connectivity index (χ2n) is 5.71. The molecule has 1 aliphatic rings. The first kappa shape index (κ1) is 14.7. The van der Waals surface area contributed by atoms with Crippen LogP contribution in [-0.2, 0) is 17.9 Å². The van der Waals surface area contributed by atoms with Crippen LogP contribution in [0, 0.1) is 0 Å². The molecule has 0 bridgehead atoms. The zero-order chi connectivity index (χ0) is 15.4. The summed E-state index contributed by atoms with van der Waals surface area (Å²) >= 11 is 0. The highest BCUT2D eigenvalue weighted by molar-refractivity contribution is 5.73. The molecule has 0 radical (unpaired) electrons. The van der Waals surface area contributed by atoms with Crippen molar-refractivity contribution in [1.29, 1.82) is 0 Å². The number of carboxylic acid groups (broad SMARTS) is 1. The van der Waals surface area contributed by atoms with E-state index < -0.39 is 12.0 Å². The van der Waals surface area contributed by atoms with Crippen molar-refractivity contribution in [3.05, 3.63) is 47.8 Å². The Bertz CT molecular complexity index is 626. The molecule has 1 aromatic heterocycles. The van der Waals surface area contributed by atoms with Crippen molar-refractivity contribution >= 4 is 5.97 Å². The van der Waals surface area contributed by atoms with E-state index in [1.807, 2.05) is 41.4 Å². The topological polar surface area (TPSA) is 71.2 Å². The van der Waals surface area contributed by atoms with Gasteiger partial charge in [-0.15, -0.1) is 5.10 Å². The predicted octanol–water partition coefficient (Wildman–Crippen LogP) is 1.77. The summed E-state index contributed by atoms with van der Waals surface area (Å²) in [6, 6.07) is 9.68. The number of carboxylic acids is 1. The van der Waals surface area contributed by atoms with Crippen LogP contribution in [0.2, 0.25) is 0 Å². The van der Waals surface area contributed by atoms with Crippen LogP contribution in [0.5, 0.6) is 0 Å². The first-order valence-corrected chi connectivity index (χ1v) is 7.62. The van der Waals surface area contributed by atoms with E-state index in [4.69, 9.17) is 0 Å². The average molecular weight is 300 g/mol. The Hall–Kier alpha value is -2.21. The molecule has 1 saturated heterocycles. The van der Waals surface area contributed by atoms with Gasteiger partial charge in [-0.2, -0.15) is 0 Å². The molecular formula is C16H20N4O2. The van der Waals surface area contributed by atoms with Crippen molar-refractivity contribution in [2.45, 2.75) is 38.4 Å². The molecule has 1 fully saturated rings. The highest BCUT2D eigenvalue weighted by Crippen LogP contribution is 2.19. The first-order valence-electron chi connectivity index (χ1n) is 7.62. The highest BCUT2D eigenvalue weighted by Gasteiger charge is 2.28. The van der Waals surface area contributed by atoms with Gasteiger partial charge in [-0.3, -0.25) is 9.69 Å². The van der Waals surface area contributed by atoms with E-state index in [-0.39, 0.29) is 0 Å². The number of carbonyl (C=O) groups is 1. The first-order chi connectivity index (χ1) is 10.7. The van der Waals surface area contributed by atoms with Crippen LogP contribution >= 0.6 is 0 Å². The summed E-state index contributed by atoms with van der Waals surface area (Å²) in [5, 5.41) is 17.6. The van der Waals surface area contributed by atoms with Crippen molar-refractivity contribution in [1.82, 2.24) is 19.9 Å². The Morgan fingerprint density at radius 2 is 2.05 bits per heavy atom. The number of hydrogen-bond acceptors (Lipinski definition) is 4. The fourth-order valence-corrected chi connectivity index (χ4v) is 2.93. The number of nitrogens with zero attached hydrogens (tertiary/aromatic N) is 4. The molecule has 1 aromatic carbocycles. The third-order valence-corrected chi connectivity index (χ3v) is 4.04. The van der Waals surface area contributed by atoms with E-state index in [0.717, 1.165) is 25.1 Å². The largest absolute Gasteiger partial charge is 0.480 e. The van der Waals surface area contributed by atoms with Crippen LogP contribution in [0.1, 0.15) is 30.5 Å². The average Bonchev–Trinajstić information content (AvgIpc) is 2.96. The molecule has 6 nitrogen and oxygen atoms in total. The SMILES string of the molecule is O=C(O)C1CCCCN1Cc1cn(Cc2ccccc2)nn1. The van der Waals surface area contributed by atoms with Crippen LogP contribution in [0.15, 0.2) is 36.5 Å². The zero-order valence-electron chi connectivity index (χ0n) is 12.4. The summed E-state index contributed by atoms with van der Waals surface area (Å²) < 4.78 is 1.80. The molecule has 6 heteroatoms. The summed E-state index contributed by atoms with van der Waals surface area (Å²) in [6.07, 6.45) is 4.64. The Morgan fingerprint density at radius 1 is 1.23 bits per heavy atom. The summed E-state index contributed by atoms with van der Waals surface area (Å²) in [5.41, 5.74) is 1.99. The second kappa shape index (κ2) is 6.70. The van der Waals surface area contributed by atoms with E-state index in [1.165, 1.54) is 5.56 Å². The minimum absolute atomic E-state index is 0.395. The van der Waals surface area contributed by atoms with Crippen LogP contribution in [-0.4, -0.2) is 43.6 Å². The fourth-order valence-electron chi connectivity index (χ4n) is 2.93. The quantitative estimate of drug-likeness (QED) is 0.911. The maximum absolute atomic E-state index is 11.3. The van der Waals surface area contributed by atoms with Gasteiger partial charge in [0.15, 0.2) is 0 Å². The van der Waals surface area contributed by atoms with Crippen LogP contribution in [0.3, 0.4) is 0 Å². The molecule has 1 N–H and O–H groups in total. The van der Waals surface area contributed by atoms with Crippen LogP contribution in [0.4, 0.5) is 0 Å². The molecule has 0 spiro atoms. The van der Waals surface area contributed by atoms with E-state index in [2.05, 4.69) is 10.3 Å². The van der Waals surface area contributed by atoms with Gasteiger partial charge in [0.2, 0.25) is 0 Å². The number of likely N-dealkylation sites (tertiary alicyclic amines) is 1. The van der Waals surface area contributed by atoms with Crippen molar-refractivity contribution in [2.75, 3.05) is 6.54 Å². The lowest BCUT2D eigenvalue weighted by Gasteiger charge is -2.31. The molecule has 0 amide bonds. The van der Waals surface area contributed by atoms with Gasteiger partial charge >= 0.3 is 5.97 Å². The fraction of sp³-hybridized carbons (Fsp3) is 0.438. The van der Waals surface area contributed by atoms with Crippen molar-refractivity contribution < 1.29 is 9.90 Å². The second-order valence-corrected chi connectivity index (χ2v) is 5.71. The molecule has 1 unspecified atom stereocenters. The number of aliphatic carboxylic acids is 1. The van der Waals surface area contributed by atoms with Gasteiger partial charge in [0, 0.05) is 6.54 Å². The maximum Gasteiger partial charge on any atom is 0.320 e. The van der Waals surface area contributed by atoms with Gasteiger partial charge in [-0.25, -0.2) is 4.68 Å². The highest BCUT2D eigenvalue weighted by atomic mass is 16.4. The Balaban J connectivity index is 1.65. The van der Waals surface area contributed by atoms with Gasteiger partial charge in [0.25, 0.3) is 0 Å². The monoisotopic (exact) mass is 300 g/mol. The van der Waals surface area contributed by atoms with Gasteiger partial charge in [-0.05, 0) is 24.9 Å². The Morgan fingerprint density at radius 3 is 2.82 bits per heavy atom. The standard InChI is InChI=1S/C16H20N4O2/c21-16(22)15-8-4-5-9-19(15)11-14-12-20(18-17-14)10-13-6-2-1-3-7-13/h1-3,6-7,12,15H,4-5,8-11H2,(H,21,22). The smallest absolute Gasteiger partial charge is 0.320 e. The number of benzene rings is 1. The van der Waals surface area contributed by atoms with Gasteiger partial charge in [0.05, 0.1) is 18.4 Å². The van der Waals surface area contributed by atoms with Crippen LogP contribution in [0.25, 0.3) is 0 Å². The molecule has 1 atom stereocenters. The maximum atomic E-state index is 11.3. The van der Waals surface area contributed by atoms with Gasteiger partial charge in [0.1, 0.15) is 6.04 Å². The number of hydrogen-bond donors (Lipinski definition) is 1. The van der Waals surface area contributed by atoms with E-state index in [9.17, 15) is 9.90 Å². The molecule has 116 valence electrons. The Kier molecular flexibility index (Phi) is 4.48. The summed E-state index contributed by atoms with van der Waals surface area (Å²) in [5.74, 6) is -0.739. The van der Waals surface area contributed by atoms with Crippen molar-refractivity contribution in [2.24, 2.45) is 0 Å². The predicted molar refractivity (Wildman–Crippen MR) is 81.3 cm³/mol. The van der Waals surface area contributed by atoms with E-state index >= 15 is 0 Å². The van der Waals surface area contributed by atoms with E-state index in [0.29, 0.717) is 19.5 Å². The van der Waals surface area contributed by atoms with Gasteiger partial charge < -0.3 is 5.11 Å². The van der Waals surface area contributed by atoms with Crippen LogP contribution < -0.4 is 0 Å². The van der Waals surface area contributed by atoms with Crippen molar-refractivity contribution in [3.63, 3.8) is 0 Å². The summed E-state index contributed by atoms with van der Waals surface area (Å²) in [4.78, 5) is 13.3. The van der Waals surface area contributed by atoms with Crippen molar-refractivity contribution in [3.8, 4) is 0 Å². The van der Waals surface area contributed by atoms with E-state index in [1.54, 1.807) is 4.68 Å². The number of rotatable bonds is 5. The molecular weight excluding hydrogens is 280 g/mol. The lowest BCUT2D eigenvalue weighted by atomic mass is 10.0. The lowest BCUT2D eigenvalue weighted by Crippen LogP contribution is -2.44. The molecule has 3 rings (SSSR count). The normalized spacial score (nSPS) is 19.2. The number of piperidine rings is 1. The third-order valence-electron chi connectivity index (χ3n) is 4.04. The Labute approximate surface area is 129 Å². The third kappa shape index (κ3) is 3.51. The molecule has 2 heterocycles. The molecule has 2 aromatic rings. The summed E-state index contributed by atoms with van der Waals surface area (Å²) in [6.45, 7) is 2.03. The molecule has 0 aliphatic carbocycles. The molecule has 22 heavy (non-hydrogen) atoms. The molecule has 1 aliphatic heterocycles. The minimum Gasteiger partial charge on any atom is -0.480 e. The number of aromatic nitrogens is 3. The lowest BCUT2D eigenvalue weighted by molar-refractivity contribution is -0.144.